The molecule has 1 aliphatic rings. The van der Waals surface area contributed by atoms with Gasteiger partial charge in [-0.1, -0.05) is 19.3 Å². The summed E-state index contributed by atoms with van der Waals surface area (Å²) in [6, 6.07) is 6.77. The Morgan fingerprint density at radius 1 is 1.29 bits per heavy atom. The van der Waals surface area contributed by atoms with Crippen molar-refractivity contribution in [1.29, 1.82) is 0 Å². The van der Waals surface area contributed by atoms with Gasteiger partial charge >= 0.3 is 0 Å². The van der Waals surface area contributed by atoms with Crippen LogP contribution in [0.25, 0.3) is 0 Å². The first kappa shape index (κ1) is 16.3. The van der Waals surface area contributed by atoms with Crippen molar-refractivity contribution in [3.8, 4) is 0 Å². The van der Waals surface area contributed by atoms with Crippen LogP contribution in [0, 0.1) is 5.82 Å². The standard InChI is InChI=1S/C17H24FNOS/c1-3-19(15-7-5-4-6-8-15)17(20)13(2)21-16-11-9-14(18)10-12-16/h9-13,15H,3-8H2,1-2H3. The molecule has 0 spiro atoms. The van der Waals surface area contributed by atoms with Gasteiger partial charge in [0.25, 0.3) is 0 Å². The molecule has 1 aromatic carbocycles. The molecule has 0 aliphatic heterocycles. The number of nitrogens with zero attached hydrogens (tertiary/aromatic N) is 1. The van der Waals surface area contributed by atoms with Gasteiger partial charge in [0.05, 0.1) is 5.25 Å². The number of hydrogen-bond acceptors (Lipinski definition) is 2. The monoisotopic (exact) mass is 309 g/mol. The Bertz CT molecular complexity index is 456. The summed E-state index contributed by atoms with van der Waals surface area (Å²) in [6.07, 6.45) is 6.02. The molecule has 0 bridgehead atoms. The highest BCUT2D eigenvalue weighted by Crippen LogP contribution is 2.28. The third-order valence-electron chi connectivity index (χ3n) is 4.11. The van der Waals surface area contributed by atoms with Crippen LogP contribution in [0.4, 0.5) is 4.39 Å². The number of halogens is 1. The van der Waals surface area contributed by atoms with Crippen molar-refractivity contribution < 1.29 is 9.18 Å². The lowest BCUT2D eigenvalue weighted by molar-refractivity contribution is -0.133. The molecular formula is C17H24FNOS. The third-order valence-corrected chi connectivity index (χ3v) is 5.21. The Kier molecular flexibility index (Phi) is 6.09. The lowest BCUT2D eigenvalue weighted by Gasteiger charge is -2.35. The summed E-state index contributed by atoms with van der Waals surface area (Å²) in [5.74, 6) is -0.0329. The second-order valence-electron chi connectivity index (χ2n) is 5.63. The van der Waals surface area contributed by atoms with Crippen LogP contribution in [-0.4, -0.2) is 28.6 Å². The van der Waals surface area contributed by atoms with Crippen molar-refractivity contribution in [1.82, 2.24) is 4.90 Å². The minimum absolute atomic E-state index is 0.127. The van der Waals surface area contributed by atoms with Gasteiger partial charge in [-0.3, -0.25) is 4.79 Å². The molecule has 21 heavy (non-hydrogen) atoms. The first-order chi connectivity index (χ1) is 10.1. The van der Waals surface area contributed by atoms with Gasteiger partial charge in [0, 0.05) is 17.5 Å². The van der Waals surface area contributed by atoms with Crippen LogP contribution in [0.15, 0.2) is 29.2 Å². The molecule has 0 aromatic heterocycles. The maximum Gasteiger partial charge on any atom is 0.236 e. The molecule has 0 saturated heterocycles. The fourth-order valence-corrected chi connectivity index (χ4v) is 3.93. The molecule has 2 rings (SSSR count). The van der Waals surface area contributed by atoms with E-state index in [1.54, 1.807) is 12.1 Å². The zero-order valence-electron chi connectivity index (χ0n) is 12.8. The fourth-order valence-electron chi connectivity index (χ4n) is 2.99. The van der Waals surface area contributed by atoms with Crippen molar-refractivity contribution in [3.05, 3.63) is 30.1 Å². The largest absolute Gasteiger partial charge is 0.339 e. The first-order valence-electron chi connectivity index (χ1n) is 7.84. The maximum atomic E-state index is 12.9. The van der Waals surface area contributed by atoms with Crippen molar-refractivity contribution in [2.75, 3.05) is 6.54 Å². The zero-order chi connectivity index (χ0) is 15.2. The van der Waals surface area contributed by atoms with Gasteiger partial charge in [0.1, 0.15) is 5.82 Å². The van der Waals surface area contributed by atoms with E-state index < -0.39 is 0 Å². The molecule has 0 heterocycles. The highest BCUT2D eigenvalue weighted by molar-refractivity contribution is 8.00. The van der Waals surface area contributed by atoms with E-state index in [-0.39, 0.29) is 17.0 Å². The van der Waals surface area contributed by atoms with Crippen LogP contribution < -0.4 is 0 Å². The molecule has 1 atom stereocenters. The molecule has 1 amide bonds. The number of carbonyl (C=O) groups is 1. The van der Waals surface area contributed by atoms with E-state index in [1.807, 2.05) is 11.8 Å². The number of benzene rings is 1. The summed E-state index contributed by atoms with van der Waals surface area (Å²) in [5, 5.41) is -0.127. The Hall–Kier alpha value is -1.03. The Balaban J connectivity index is 1.97. The molecule has 1 saturated carbocycles. The number of thioether (sulfide) groups is 1. The minimum atomic E-state index is -0.240. The van der Waals surface area contributed by atoms with Crippen LogP contribution in [0.1, 0.15) is 46.0 Å². The average molecular weight is 309 g/mol. The molecule has 1 aliphatic carbocycles. The van der Waals surface area contributed by atoms with E-state index in [0.29, 0.717) is 6.04 Å². The van der Waals surface area contributed by atoms with Crippen molar-refractivity contribution in [2.45, 2.75) is 62.1 Å². The molecule has 4 heteroatoms. The van der Waals surface area contributed by atoms with Gasteiger partial charge in [0.15, 0.2) is 0 Å². The van der Waals surface area contributed by atoms with E-state index in [0.717, 1.165) is 24.3 Å². The third kappa shape index (κ3) is 4.47. The van der Waals surface area contributed by atoms with Gasteiger partial charge in [-0.15, -0.1) is 11.8 Å². The van der Waals surface area contributed by atoms with Gasteiger partial charge in [0.2, 0.25) is 5.91 Å². The highest BCUT2D eigenvalue weighted by Gasteiger charge is 2.27. The Labute approximate surface area is 131 Å². The predicted molar refractivity (Wildman–Crippen MR) is 86.0 cm³/mol. The topological polar surface area (TPSA) is 20.3 Å². The predicted octanol–water partition coefficient (Wildman–Crippen LogP) is 4.49. The lowest BCUT2D eigenvalue weighted by Crippen LogP contribution is -2.44. The van der Waals surface area contributed by atoms with Gasteiger partial charge < -0.3 is 4.90 Å². The van der Waals surface area contributed by atoms with Crippen molar-refractivity contribution >= 4 is 17.7 Å². The van der Waals surface area contributed by atoms with E-state index in [2.05, 4.69) is 6.92 Å². The highest BCUT2D eigenvalue weighted by atomic mass is 32.2. The summed E-state index contributed by atoms with van der Waals surface area (Å²) < 4.78 is 12.9. The molecule has 1 unspecified atom stereocenters. The lowest BCUT2D eigenvalue weighted by atomic mass is 9.94. The average Bonchev–Trinajstić information content (AvgIpc) is 2.51. The van der Waals surface area contributed by atoms with Crippen LogP contribution >= 0.6 is 11.8 Å². The summed E-state index contributed by atoms with van der Waals surface area (Å²) in [4.78, 5) is 15.7. The first-order valence-corrected chi connectivity index (χ1v) is 8.72. The molecule has 2 nitrogen and oxygen atoms in total. The molecule has 1 aromatic rings. The maximum absolute atomic E-state index is 12.9. The van der Waals surface area contributed by atoms with Crippen LogP contribution in [0.5, 0.6) is 0 Å². The molecule has 0 radical (unpaired) electrons. The zero-order valence-corrected chi connectivity index (χ0v) is 13.7. The molecule has 116 valence electrons. The fraction of sp³-hybridized carbons (Fsp3) is 0.588. The van der Waals surface area contributed by atoms with Crippen molar-refractivity contribution in [2.24, 2.45) is 0 Å². The second-order valence-corrected chi connectivity index (χ2v) is 7.04. The van der Waals surface area contributed by atoms with E-state index in [9.17, 15) is 9.18 Å². The molecule has 0 N–H and O–H groups in total. The van der Waals surface area contributed by atoms with Gasteiger partial charge in [-0.25, -0.2) is 4.39 Å². The number of rotatable bonds is 5. The van der Waals surface area contributed by atoms with E-state index in [4.69, 9.17) is 0 Å². The minimum Gasteiger partial charge on any atom is -0.339 e. The smallest absolute Gasteiger partial charge is 0.236 e. The number of hydrogen-bond donors (Lipinski definition) is 0. The SMILES string of the molecule is CCN(C(=O)C(C)Sc1ccc(F)cc1)C1CCCCC1. The molecule has 1 fully saturated rings. The van der Waals surface area contributed by atoms with Crippen LogP contribution in [0.2, 0.25) is 0 Å². The van der Waals surface area contributed by atoms with Gasteiger partial charge in [-0.05, 0) is 51.0 Å². The summed E-state index contributed by atoms with van der Waals surface area (Å²) in [5.41, 5.74) is 0. The Morgan fingerprint density at radius 3 is 2.48 bits per heavy atom. The number of amides is 1. The van der Waals surface area contributed by atoms with Crippen LogP contribution in [-0.2, 0) is 4.79 Å². The summed E-state index contributed by atoms with van der Waals surface area (Å²) >= 11 is 1.51. The normalized spacial score (nSPS) is 17.5. The van der Waals surface area contributed by atoms with Crippen molar-refractivity contribution in [3.63, 3.8) is 0 Å². The Morgan fingerprint density at radius 2 is 1.90 bits per heavy atom. The van der Waals surface area contributed by atoms with Gasteiger partial charge in [-0.2, -0.15) is 0 Å². The molecular weight excluding hydrogens is 285 g/mol. The van der Waals surface area contributed by atoms with Crippen LogP contribution in [0.3, 0.4) is 0 Å². The second kappa shape index (κ2) is 7.83. The summed E-state index contributed by atoms with van der Waals surface area (Å²) in [7, 11) is 0. The summed E-state index contributed by atoms with van der Waals surface area (Å²) in [6.45, 7) is 4.78. The number of carbonyl (C=O) groups excluding carboxylic acids is 1. The van der Waals surface area contributed by atoms with E-state index in [1.165, 1.54) is 43.2 Å². The van der Waals surface area contributed by atoms with E-state index >= 15 is 0 Å². The quantitative estimate of drug-likeness (QED) is 0.747.